The SMILES string of the molecule is CCSc1nc2c([nH]c3ccccc32)c(=O)n1-c1cc(C)ccc1OC. The molecule has 2 aromatic carbocycles. The summed E-state index contributed by atoms with van der Waals surface area (Å²) in [5.74, 6) is 1.46. The Morgan fingerprint density at radius 3 is 2.81 bits per heavy atom. The molecule has 0 spiro atoms. The summed E-state index contributed by atoms with van der Waals surface area (Å²) in [6, 6.07) is 13.7. The lowest BCUT2D eigenvalue weighted by molar-refractivity contribution is 0.411. The number of ether oxygens (including phenoxy) is 1. The maximum absolute atomic E-state index is 13.4. The molecule has 132 valence electrons. The Hall–Kier alpha value is -2.73. The zero-order valence-corrected chi connectivity index (χ0v) is 15.7. The van der Waals surface area contributed by atoms with E-state index in [0.29, 0.717) is 27.6 Å². The number of benzene rings is 2. The number of hydrogen-bond donors (Lipinski definition) is 1. The van der Waals surface area contributed by atoms with Crippen molar-refractivity contribution in [3.05, 3.63) is 58.4 Å². The van der Waals surface area contributed by atoms with Gasteiger partial charge >= 0.3 is 0 Å². The number of hydrogen-bond acceptors (Lipinski definition) is 4. The minimum absolute atomic E-state index is 0.119. The number of rotatable bonds is 4. The van der Waals surface area contributed by atoms with E-state index < -0.39 is 0 Å². The van der Waals surface area contributed by atoms with E-state index in [4.69, 9.17) is 9.72 Å². The first-order chi connectivity index (χ1) is 12.6. The van der Waals surface area contributed by atoms with Gasteiger partial charge in [-0.25, -0.2) is 9.55 Å². The third-order valence-corrected chi connectivity index (χ3v) is 5.16. The molecule has 1 N–H and O–H groups in total. The van der Waals surface area contributed by atoms with Crippen LogP contribution in [0.15, 0.2) is 52.4 Å². The molecule has 0 amide bonds. The first-order valence-electron chi connectivity index (χ1n) is 8.45. The van der Waals surface area contributed by atoms with E-state index in [1.54, 1.807) is 23.4 Å². The van der Waals surface area contributed by atoms with Gasteiger partial charge in [-0.15, -0.1) is 0 Å². The van der Waals surface area contributed by atoms with Crippen LogP contribution in [0.25, 0.3) is 27.6 Å². The van der Waals surface area contributed by atoms with Crippen molar-refractivity contribution in [1.82, 2.24) is 14.5 Å². The maximum Gasteiger partial charge on any atom is 0.283 e. The summed E-state index contributed by atoms with van der Waals surface area (Å²) >= 11 is 1.55. The van der Waals surface area contributed by atoms with Gasteiger partial charge < -0.3 is 9.72 Å². The summed E-state index contributed by atoms with van der Waals surface area (Å²) < 4.78 is 7.16. The molecular weight excluding hydrogens is 346 g/mol. The van der Waals surface area contributed by atoms with E-state index >= 15 is 0 Å². The zero-order valence-electron chi connectivity index (χ0n) is 14.9. The van der Waals surface area contributed by atoms with E-state index in [-0.39, 0.29) is 5.56 Å². The van der Waals surface area contributed by atoms with Gasteiger partial charge in [0.25, 0.3) is 5.56 Å². The van der Waals surface area contributed by atoms with Gasteiger partial charge in [-0.2, -0.15) is 0 Å². The fourth-order valence-corrected chi connectivity index (χ4v) is 3.88. The van der Waals surface area contributed by atoms with Crippen LogP contribution in [0.5, 0.6) is 5.75 Å². The van der Waals surface area contributed by atoms with Crippen molar-refractivity contribution in [2.75, 3.05) is 12.9 Å². The third-order valence-electron chi connectivity index (χ3n) is 4.34. The smallest absolute Gasteiger partial charge is 0.283 e. The fourth-order valence-electron chi connectivity index (χ4n) is 3.16. The minimum Gasteiger partial charge on any atom is -0.495 e. The Bertz CT molecular complexity index is 1180. The van der Waals surface area contributed by atoms with Crippen molar-refractivity contribution in [2.45, 2.75) is 19.0 Å². The molecule has 4 rings (SSSR count). The monoisotopic (exact) mass is 365 g/mol. The highest BCUT2D eigenvalue weighted by molar-refractivity contribution is 7.99. The number of para-hydroxylation sites is 1. The van der Waals surface area contributed by atoms with Crippen LogP contribution >= 0.6 is 11.8 Å². The molecule has 0 saturated carbocycles. The van der Waals surface area contributed by atoms with Crippen molar-refractivity contribution in [2.24, 2.45) is 0 Å². The van der Waals surface area contributed by atoms with E-state index in [0.717, 1.165) is 22.2 Å². The average molecular weight is 365 g/mol. The van der Waals surface area contributed by atoms with Crippen molar-refractivity contribution in [1.29, 1.82) is 0 Å². The molecule has 4 aromatic rings. The average Bonchev–Trinajstić information content (AvgIpc) is 3.01. The van der Waals surface area contributed by atoms with Gasteiger partial charge in [-0.3, -0.25) is 4.79 Å². The Morgan fingerprint density at radius 1 is 1.23 bits per heavy atom. The van der Waals surface area contributed by atoms with Gasteiger partial charge in [0.2, 0.25) is 0 Å². The molecule has 0 aliphatic heterocycles. The van der Waals surface area contributed by atoms with Crippen LogP contribution in [0.4, 0.5) is 0 Å². The van der Waals surface area contributed by atoms with Crippen LogP contribution in [-0.2, 0) is 0 Å². The number of aryl methyl sites for hydroxylation is 1. The van der Waals surface area contributed by atoms with Crippen LogP contribution in [0, 0.1) is 6.92 Å². The van der Waals surface area contributed by atoms with Gasteiger partial charge in [-0.05, 0) is 36.4 Å². The number of nitrogens with zero attached hydrogens (tertiary/aromatic N) is 2. The number of H-pyrrole nitrogens is 1. The number of nitrogens with one attached hydrogen (secondary N) is 1. The summed E-state index contributed by atoms with van der Waals surface area (Å²) in [6.45, 7) is 4.05. The van der Waals surface area contributed by atoms with Gasteiger partial charge in [0.05, 0.1) is 12.8 Å². The van der Waals surface area contributed by atoms with Crippen LogP contribution in [0.2, 0.25) is 0 Å². The van der Waals surface area contributed by atoms with Crippen LogP contribution in [-0.4, -0.2) is 27.4 Å². The van der Waals surface area contributed by atoms with E-state index in [9.17, 15) is 4.79 Å². The first kappa shape index (κ1) is 16.7. The third kappa shape index (κ3) is 2.57. The summed E-state index contributed by atoms with van der Waals surface area (Å²) in [4.78, 5) is 21.5. The standard InChI is InChI=1S/C20H19N3O2S/c1-4-26-20-22-17-13-7-5-6-8-14(13)21-18(17)19(24)23(20)15-11-12(2)9-10-16(15)25-3/h5-11,21H,4H2,1-3H3. The van der Waals surface area contributed by atoms with Crippen LogP contribution in [0.1, 0.15) is 12.5 Å². The Labute approximate surface area is 155 Å². The molecule has 26 heavy (non-hydrogen) atoms. The number of methoxy groups -OCH3 is 1. The largest absolute Gasteiger partial charge is 0.495 e. The quantitative estimate of drug-likeness (QED) is 0.433. The van der Waals surface area contributed by atoms with Crippen molar-refractivity contribution in [3.8, 4) is 11.4 Å². The summed E-state index contributed by atoms with van der Waals surface area (Å²) in [6.07, 6.45) is 0. The van der Waals surface area contributed by atoms with Gasteiger partial charge in [0, 0.05) is 10.9 Å². The second kappa shape index (κ2) is 6.53. The molecule has 5 nitrogen and oxygen atoms in total. The molecule has 0 aliphatic carbocycles. The fraction of sp³-hybridized carbons (Fsp3) is 0.200. The predicted octanol–water partition coefficient (Wildman–Crippen LogP) is 4.30. The lowest BCUT2D eigenvalue weighted by Crippen LogP contribution is -2.22. The summed E-state index contributed by atoms with van der Waals surface area (Å²) in [5, 5.41) is 1.62. The number of aromatic nitrogens is 3. The lowest BCUT2D eigenvalue weighted by Gasteiger charge is -2.15. The van der Waals surface area contributed by atoms with E-state index in [1.165, 1.54) is 0 Å². The number of fused-ring (bicyclic) bond motifs is 3. The molecule has 2 heterocycles. The van der Waals surface area contributed by atoms with Crippen molar-refractivity contribution in [3.63, 3.8) is 0 Å². The van der Waals surface area contributed by atoms with Crippen LogP contribution < -0.4 is 10.3 Å². The van der Waals surface area contributed by atoms with Crippen molar-refractivity contribution >= 4 is 33.7 Å². The highest BCUT2D eigenvalue weighted by atomic mass is 32.2. The maximum atomic E-state index is 13.4. The molecule has 0 fully saturated rings. The van der Waals surface area contributed by atoms with E-state index in [1.807, 2.05) is 56.3 Å². The summed E-state index contributed by atoms with van der Waals surface area (Å²) in [5.41, 5.74) is 3.78. The molecule has 6 heteroatoms. The van der Waals surface area contributed by atoms with Gasteiger partial charge in [-0.1, -0.05) is 43.0 Å². The number of aromatic amines is 1. The second-order valence-electron chi connectivity index (χ2n) is 6.04. The minimum atomic E-state index is -0.119. The topological polar surface area (TPSA) is 59.9 Å². The first-order valence-corrected chi connectivity index (χ1v) is 9.44. The predicted molar refractivity (Wildman–Crippen MR) is 107 cm³/mol. The molecular formula is C20H19N3O2S. The van der Waals surface area contributed by atoms with Crippen LogP contribution in [0.3, 0.4) is 0 Å². The molecule has 0 atom stereocenters. The zero-order chi connectivity index (χ0) is 18.3. The molecule has 0 bridgehead atoms. The highest BCUT2D eigenvalue weighted by Crippen LogP contribution is 2.30. The Balaban J connectivity index is 2.13. The Kier molecular flexibility index (Phi) is 4.20. The molecule has 2 aromatic heterocycles. The van der Waals surface area contributed by atoms with Gasteiger partial charge in [0.1, 0.15) is 16.8 Å². The number of thioether (sulfide) groups is 1. The normalized spacial score (nSPS) is 11.3. The second-order valence-corrected chi connectivity index (χ2v) is 7.27. The highest BCUT2D eigenvalue weighted by Gasteiger charge is 2.19. The van der Waals surface area contributed by atoms with Gasteiger partial charge in [0.15, 0.2) is 5.16 Å². The van der Waals surface area contributed by atoms with E-state index in [2.05, 4.69) is 4.98 Å². The Morgan fingerprint density at radius 2 is 2.04 bits per heavy atom. The lowest BCUT2D eigenvalue weighted by atomic mass is 10.2. The molecule has 0 aliphatic rings. The molecule has 0 saturated heterocycles. The molecule has 0 radical (unpaired) electrons. The summed E-state index contributed by atoms with van der Waals surface area (Å²) in [7, 11) is 1.61. The molecule has 0 unspecified atom stereocenters. The van der Waals surface area contributed by atoms with Crippen molar-refractivity contribution < 1.29 is 4.74 Å².